The summed E-state index contributed by atoms with van der Waals surface area (Å²) < 4.78 is 5.39. The van der Waals surface area contributed by atoms with Crippen LogP contribution in [0.3, 0.4) is 0 Å². The number of nitrogens with two attached hydrogens (primary N) is 1. The molecule has 0 spiro atoms. The lowest BCUT2D eigenvalue weighted by Gasteiger charge is -1.94. The molecule has 0 fully saturated rings. The summed E-state index contributed by atoms with van der Waals surface area (Å²) >= 11 is 0. The van der Waals surface area contributed by atoms with E-state index < -0.39 is 0 Å². The number of fused-ring (bicyclic) bond motifs is 1. The number of rotatable bonds is 1. The predicted molar refractivity (Wildman–Crippen MR) is 46.6 cm³/mol. The molecule has 12 heavy (non-hydrogen) atoms. The highest BCUT2D eigenvalue weighted by atomic mass is 16.3. The van der Waals surface area contributed by atoms with E-state index in [1.807, 2.05) is 31.2 Å². The van der Waals surface area contributed by atoms with Crippen molar-refractivity contribution in [3.63, 3.8) is 0 Å². The van der Waals surface area contributed by atoms with Crippen LogP contribution in [-0.2, 0) is 0 Å². The molecule has 1 aromatic carbocycles. The quantitative estimate of drug-likeness (QED) is 0.696. The summed E-state index contributed by atoms with van der Waals surface area (Å²) in [5, 5.41) is 0. The number of para-hydroxylation sites is 2. The minimum Gasteiger partial charge on any atom is -0.439 e. The smallest absolute Gasteiger partial charge is 0.212 e. The summed E-state index contributed by atoms with van der Waals surface area (Å²) in [5.74, 6) is 0.594. The number of oxazole rings is 1. The zero-order chi connectivity index (χ0) is 8.55. The Balaban J connectivity index is 2.62. The van der Waals surface area contributed by atoms with Crippen LogP contribution >= 0.6 is 0 Å². The molecule has 1 unspecified atom stereocenters. The molecule has 0 saturated heterocycles. The number of aromatic nitrogens is 1. The highest BCUT2D eigenvalue weighted by Crippen LogP contribution is 2.17. The van der Waals surface area contributed by atoms with Crippen LogP contribution in [0.2, 0.25) is 0 Å². The normalized spacial score (nSPS) is 13.5. The Hall–Kier alpha value is -1.35. The first kappa shape index (κ1) is 7.31. The zero-order valence-corrected chi connectivity index (χ0v) is 6.82. The van der Waals surface area contributed by atoms with E-state index in [0.29, 0.717) is 5.89 Å². The highest BCUT2D eigenvalue weighted by molar-refractivity contribution is 5.72. The van der Waals surface area contributed by atoms with Crippen LogP contribution in [-0.4, -0.2) is 4.98 Å². The third-order valence-corrected chi connectivity index (χ3v) is 1.70. The van der Waals surface area contributed by atoms with Crippen molar-refractivity contribution in [2.75, 3.05) is 0 Å². The van der Waals surface area contributed by atoms with Gasteiger partial charge in [0.05, 0.1) is 6.04 Å². The van der Waals surface area contributed by atoms with Gasteiger partial charge in [-0.2, -0.15) is 0 Å². The van der Waals surface area contributed by atoms with Gasteiger partial charge < -0.3 is 10.2 Å². The van der Waals surface area contributed by atoms with Crippen LogP contribution in [0.5, 0.6) is 0 Å². The summed E-state index contributed by atoms with van der Waals surface area (Å²) in [6, 6.07) is 7.49. The molecule has 3 heteroatoms. The second kappa shape index (κ2) is 2.60. The van der Waals surface area contributed by atoms with Crippen molar-refractivity contribution in [2.24, 2.45) is 5.73 Å². The number of hydrogen-bond donors (Lipinski definition) is 1. The maximum Gasteiger partial charge on any atom is 0.212 e. The Morgan fingerprint density at radius 3 is 2.83 bits per heavy atom. The molecular weight excluding hydrogens is 152 g/mol. The molecule has 1 atom stereocenters. The third-order valence-electron chi connectivity index (χ3n) is 1.70. The van der Waals surface area contributed by atoms with Crippen molar-refractivity contribution >= 4 is 11.1 Å². The fourth-order valence-electron chi connectivity index (χ4n) is 1.08. The number of hydrogen-bond acceptors (Lipinski definition) is 3. The average molecular weight is 162 g/mol. The highest BCUT2D eigenvalue weighted by Gasteiger charge is 2.07. The molecule has 2 aromatic rings. The van der Waals surface area contributed by atoms with E-state index in [9.17, 15) is 0 Å². The SMILES string of the molecule is CC(N)c1nc2ccccc2o1. The molecule has 2 N–H and O–H groups in total. The fourth-order valence-corrected chi connectivity index (χ4v) is 1.08. The summed E-state index contributed by atoms with van der Waals surface area (Å²) in [4.78, 5) is 4.22. The molecule has 0 radical (unpaired) electrons. The van der Waals surface area contributed by atoms with E-state index in [0.717, 1.165) is 11.1 Å². The van der Waals surface area contributed by atoms with Gasteiger partial charge in [0.2, 0.25) is 5.89 Å². The van der Waals surface area contributed by atoms with Crippen LogP contribution < -0.4 is 5.73 Å². The van der Waals surface area contributed by atoms with Crippen LogP contribution in [0, 0.1) is 0 Å². The van der Waals surface area contributed by atoms with E-state index in [1.54, 1.807) is 0 Å². The molecule has 0 amide bonds. The monoisotopic (exact) mass is 162 g/mol. The standard InChI is InChI=1S/C9H10N2O/c1-6(10)9-11-7-4-2-3-5-8(7)12-9/h2-6H,10H2,1H3. The van der Waals surface area contributed by atoms with E-state index in [-0.39, 0.29) is 6.04 Å². The van der Waals surface area contributed by atoms with Gasteiger partial charge in [-0.05, 0) is 19.1 Å². The summed E-state index contributed by atoms with van der Waals surface area (Å²) in [5.41, 5.74) is 7.28. The number of nitrogens with zero attached hydrogens (tertiary/aromatic N) is 1. The van der Waals surface area contributed by atoms with Crippen molar-refractivity contribution in [1.29, 1.82) is 0 Å². The largest absolute Gasteiger partial charge is 0.439 e. The first-order valence-corrected chi connectivity index (χ1v) is 3.88. The molecule has 62 valence electrons. The summed E-state index contributed by atoms with van der Waals surface area (Å²) in [6.45, 7) is 1.85. The van der Waals surface area contributed by atoms with Crippen LogP contribution in [0.15, 0.2) is 28.7 Å². The van der Waals surface area contributed by atoms with Gasteiger partial charge >= 0.3 is 0 Å². The Bertz CT molecular complexity index is 359. The first-order chi connectivity index (χ1) is 5.77. The Morgan fingerprint density at radius 2 is 2.17 bits per heavy atom. The zero-order valence-electron chi connectivity index (χ0n) is 6.82. The molecule has 1 aromatic heterocycles. The lowest BCUT2D eigenvalue weighted by Crippen LogP contribution is -2.04. The van der Waals surface area contributed by atoms with Crippen LogP contribution in [0.1, 0.15) is 18.9 Å². The van der Waals surface area contributed by atoms with Crippen LogP contribution in [0.25, 0.3) is 11.1 Å². The molecule has 2 rings (SSSR count). The van der Waals surface area contributed by atoms with Gasteiger partial charge in [-0.1, -0.05) is 12.1 Å². The van der Waals surface area contributed by atoms with Gasteiger partial charge in [-0.15, -0.1) is 0 Å². The molecule has 1 heterocycles. The van der Waals surface area contributed by atoms with Crippen molar-refractivity contribution in [3.05, 3.63) is 30.2 Å². The Morgan fingerprint density at radius 1 is 1.42 bits per heavy atom. The van der Waals surface area contributed by atoms with Crippen molar-refractivity contribution < 1.29 is 4.42 Å². The second-order valence-electron chi connectivity index (χ2n) is 2.81. The van der Waals surface area contributed by atoms with E-state index in [1.165, 1.54) is 0 Å². The topological polar surface area (TPSA) is 52.0 Å². The Kier molecular flexibility index (Phi) is 1.59. The molecule has 0 aliphatic carbocycles. The van der Waals surface area contributed by atoms with Gasteiger partial charge in [0.25, 0.3) is 0 Å². The third kappa shape index (κ3) is 1.08. The predicted octanol–water partition coefficient (Wildman–Crippen LogP) is 1.85. The second-order valence-corrected chi connectivity index (χ2v) is 2.81. The molecule has 0 aliphatic heterocycles. The van der Waals surface area contributed by atoms with Crippen molar-refractivity contribution in [3.8, 4) is 0 Å². The number of benzene rings is 1. The van der Waals surface area contributed by atoms with Crippen molar-refractivity contribution in [1.82, 2.24) is 4.98 Å². The maximum absolute atomic E-state index is 5.62. The molecule has 0 aliphatic rings. The summed E-state index contributed by atoms with van der Waals surface area (Å²) in [6.07, 6.45) is 0. The van der Waals surface area contributed by atoms with Gasteiger partial charge in [0.1, 0.15) is 5.52 Å². The minimum absolute atomic E-state index is 0.141. The van der Waals surface area contributed by atoms with Crippen LogP contribution in [0.4, 0.5) is 0 Å². The van der Waals surface area contributed by atoms with Crippen molar-refractivity contribution in [2.45, 2.75) is 13.0 Å². The lowest BCUT2D eigenvalue weighted by molar-refractivity contribution is 0.493. The molecule has 0 saturated carbocycles. The Labute approximate surface area is 70.2 Å². The molecular formula is C9H10N2O. The van der Waals surface area contributed by atoms with E-state index >= 15 is 0 Å². The van der Waals surface area contributed by atoms with Gasteiger partial charge in [0, 0.05) is 0 Å². The molecule has 0 bridgehead atoms. The maximum atomic E-state index is 5.62. The lowest BCUT2D eigenvalue weighted by atomic mass is 10.3. The van der Waals surface area contributed by atoms with E-state index in [2.05, 4.69) is 4.98 Å². The fraction of sp³-hybridized carbons (Fsp3) is 0.222. The van der Waals surface area contributed by atoms with Gasteiger partial charge in [0.15, 0.2) is 5.58 Å². The molecule has 3 nitrogen and oxygen atoms in total. The van der Waals surface area contributed by atoms with Gasteiger partial charge in [-0.25, -0.2) is 4.98 Å². The average Bonchev–Trinajstić information content (AvgIpc) is 2.46. The first-order valence-electron chi connectivity index (χ1n) is 3.88. The van der Waals surface area contributed by atoms with E-state index in [4.69, 9.17) is 10.2 Å². The summed E-state index contributed by atoms with van der Waals surface area (Å²) in [7, 11) is 0. The minimum atomic E-state index is -0.141. The van der Waals surface area contributed by atoms with Gasteiger partial charge in [-0.3, -0.25) is 0 Å².